The zero-order chi connectivity index (χ0) is 13.3. The van der Waals surface area contributed by atoms with E-state index in [1.165, 1.54) is 0 Å². The number of hydrogen-bond donors (Lipinski definition) is 2. The molecule has 1 unspecified atom stereocenters. The number of para-hydroxylation sites is 1. The minimum absolute atomic E-state index is 0.196. The van der Waals surface area contributed by atoms with Gasteiger partial charge in [0.05, 0.1) is 11.0 Å². The Morgan fingerprint density at radius 3 is 2.61 bits per heavy atom. The normalized spacial score (nSPS) is 23.1. The number of nitrogens with two attached hydrogens (primary N) is 1. The van der Waals surface area contributed by atoms with Gasteiger partial charge in [-0.05, 0) is 25.5 Å². The van der Waals surface area contributed by atoms with E-state index in [0.717, 1.165) is 0 Å². The third-order valence-electron chi connectivity index (χ3n) is 3.47. The van der Waals surface area contributed by atoms with Crippen molar-refractivity contribution in [3.63, 3.8) is 0 Å². The van der Waals surface area contributed by atoms with Crippen LogP contribution >= 0.6 is 0 Å². The van der Waals surface area contributed by atoms with Gasteiger partial charge in [0.1, 0.15) is 0 Å². The molecule has 1 fully saturated rings. The van der Waals surface area contributed by atoms with Crippen LogP contribution in [0.5, 0.6) is 0 Å². The Kier molecular flexibility index (Phi) is 2.98. The highest BCUT2D eigenvalue weighted by molar-refractivity contribution is 5.99. The lowest BCUT2D eigenvalue weighted by atomic mass is 9.90. The third kappa shape index (κ3) is 2.03. The van der Waals surface area contributed by atoms with Crippen LogP contribution < -0.4 is 5.73 Å². The molecule has 1 aromatic carbocycles. The average Bonchev–Trinajstić information content (AvgIpc) is 2.73. The van der Waals surface area contributed by atoms with E-state index in [1.807, 2.05) is 0 Å². The van der Waals surface area contributed by atoms with Crippen LogP contribution in [0.15, 0.2) is 24.3 Å². The smallest absolute Gasteiger partial charge is 0.311 e. The summed E-state index contributed by atoms with van der Waals surface area (Å²) in [5.41, 5.74) is 5.76. The highest BCUT2D eigenvalue weighted by Gasteiger charge is 2.42. The number of aliphatic carboxylic acids is 1. The van der Waals surface area contributed by atoms with E-state index in [0.29, 0.717) is 24.2 Å². The number of anilines is 1. The summed E-state index contributed by atoms with van der Waals surface area (Å²) in [6.07, 6.45) is 0.473. The first-order valence-corrected chi connectivity index (χ1v) is 5.81. The molecule has 1 atom stereocenters. The first-order chi connectivity index (χ1) is 8.44. The fourth-order valence-corrected chi connectivity index (χ4v) is 2.17. The number of amides is 1. The number of carboxylic acid groups (broad SMARTS) is 1. The summed E-state index contributed by atoms with van der Waals surface area (Å²) in [5, 5.41) is 9.13. The Bertz CT molecular complexity index is 501. The van der Waals surface area contributed by atoms with Gasteiger partial charge < -0.3 is 15.7 Å². The predicted molar refractivity (Wildman–Crippen MR) is 67.1 cm³/mol. The SMILES string of the molecule is CC1(C(=O)O)CCN(C(=O)c2ccccc2N)C1. The molecule has 0 aliphatic carbocycles. The fourth-order valence-electron chi connectivity index (χ4n) is 2.17. The summed E-state index contributed by atoms with van der Waals surface area (Å²) in [6, 6.07) is 6.83. The molecule has 18 heavy (non-hydrogen) atoms. The highest BCUT2D eigenvalue weighted by atomic mass is 16.4. The Morgan fingerprint density at radius 2 is 2.06 bits per heavy atom. The quantitative estimate of drug-likeness (QED) is 0.770. The number of carboxylic acids is 1. The summed E-state index contributed by atoms with van der Waals surface area (Å²) in [5.74, 6) is -1.06. The van der Waals surface area contributed by atoms with E-state index in [2.05, 4.69) is 0 Å². The zero-order valence-corrected chi connectivity index (χ0v) is 10.2. The molecule has 1 aliphatic rings. The largest absolute Gasteiger partial charge is 0.481 e. The van der Waals surface area contributed by atoms with Crippen LogP contribution in [0.25, 0.3) is 0 Å². The molecule has 2 rings (SSSR count). The number of nitrogens with zero attached hydrogens (tertiary/aromatic N) is 1. The molecule has 0 radical (unpaired) electrons. The zero-order valence-electron chi connectivity index (χ0n) is 10.2. The van der Waals surface area contributed by atoms with Gasteiger partial charge in [0.2, 0.25) is 0 Å². The number of benzene rings is 1. The van der Waals surface area contributed by atoms with Crippen molar-refractivity contribution >= 4 is 17.6 Å². The standard InChI is InChI=1S/C13H16N2O3/c1-13(12(17)18)6-7-15(8-13)11(16)9-4-2-3-5-10(9)14/h2-5H,6-8,14H2,1H3,(H,17,18). The van der Waals surface area contributed by atoms with Gasteiger partial charge in [0.25, 0.3) is 5.91 Å². The van der Waals surface area contributed by atoms with Crippen molar-refractivity contribution < 1.29 is 14.7 Å². The fraction of sp³-hybridized carbons (Fsp3) is 0.385. The molecule has 3 N–H and O–H groups in total. The second-order valence-corrected chi connectivity index (χ2v) is 4.93. The molecule has 96 valence electrons. The lowest BCUT2D eigenvalue weighted by molar-refractivity contribution is -0.147. The van der Waals surface area contributed by atoms with E-state index in [1.54, 1.807) is 36.1 Å². The monoisotopic (exact) mass is 248 g/mol. The van der Waals surface area contributed by atoms with Gasteiger partial charge in [-0.15, -0.1) is 0 Å². The molecule has 1 amide bonds. The van der Waals surface area contributed by atoms with Gasteiger partial charge in [0.15, 0.2) is 0 Å². The molecule has 5 nitrogen and oxygen atoms in total. The van der Waals surface area contributed by atoms with E-state index in [-0.39, 0.29) is 12.5 Å². The maximum Gasteiger partial charge on any atom is 0.311 e. The van der Waals surface area contributed by atoms with Gasteiger partial charge >= 0.3 is 5.97 Å². The van der Waals surface area contributed by atoms with E-state index in [4.69, 9.17) is 10.8 Å². The van der Waals surface area contributed by atoms with Crippen molar-refractivity contribution in [2.75, 3.05) is 18.8 Å². The topological polar surface area (TPSA) is 83.6 Å². The molecule has 1 aromatic rings. The van der Waals surface area contributed by atoms with Crippen molar-refractivity contribution in [3.8, 4) is 0 Å². The number of rotatable bonds is 2. The highest BCUT2D eigenvalue weighted by Crippen LogP contribution is 2.31. The second kappa shape index (κ2) is 4.33. The van der Waals surface area contributed by atoms with Crippen LogP contribution in [0.4, 0.5) is 5.69 Å². The Hall–Kier alpha value is -2.04. The van der Waals surface area contributed by atoms with Crippen LogP contribution in [0, 0.1) is 5.41 Å². The number of likely N-dealkylation sites (tertiary alicyclic amines) is 1. The molecule has 5 heteroatoms. The van der Waals surface area contributed by atoms with Gasteiger partial charge in [-0.2, -0.15) is 0 Å². The van der Waals surface area contributed by atoms with Gasteiger partial charge in [-0.1, -0.05) is 12.1 Å². The number of carbonyl (C=O) groups is 2. The molecule has 0 bridgehead atoms. The van der Waals surface area contributed by atoms with Gasteiger partial charge in [-0.25, -0.2) is 0 Å². The second-order valence-electron chi connectivity index (χ2n) is 4.93. The van der Waals surface area contributed by atoms with E-state index < -0.39 is 11.4 Å². The van der Waals surface area contributed by atoms with Crippen LogP contribution in [-0.4, -0.2) is 35.0 Å². The minimum atomic E-state index is -0.862. The molecule has 1 aliphatic heterocycles. The van der Waals surface area contributed by atoms with Gasteiger partial charge in [0, 0.05) is 18.8 Å². The third-order valence-corrected chi connectivity index (χ3v) is 3.47. The first-order valence-electron chi connectivity index (χ1n) is 5.81. The summed E-state index contributed by atoms with van der Waals surface area (Å²) >= 11 is 0. The predicted octanol–water partition coefficient (Wildman–Crippen LogP) is 1.21. The molecular formula is C13H16N2O3. The van der Waals surface area contributed by atoms with Crippen molar-refractivity contribution in [2.24, 2.45) is 5.41 Å². The molecular weight excluding hydrogens is 232 g/mol. The molecule has 1 heterocycles. The number of hydrogen-bond acceptors (Lipinski definition) is 3. The van der Waals surface area contributed by atoms with Crippen molar-refractivity contribution in [3.05, 3.63) is 29.8 Å². The van der Waals surface area contributed by atoms with Crippen molar-refractivity contribution in [1.29, 1.82) is 0 Å². The summed E-state index contributed by atoms with van der Waals surface area (Å²) in [6.45, 7) is 2.35. The van der Waals surface area contributed by atoms with Crippen LogP contribution in [-0.2, 0) is 4.79 Å². The Balaban J connectivity index is 2.18. The molecule has 0 aromatic heterocycles. The van der Waals surface area contributed by atoms with Crippen LogP contribution in [0.2, 0.25) is 0 Å². The number of nitrogen functional groups attached to an aromatic ring is 1. The van der Waals surface area contributed by atoms with E-state index >= 15 is 0 Å². The van der Waals surface area contributed by atoms with Gasteiger partial charge in [-0.3, -0.25) is 9.59 Å². The lowest BCUT2D eigenvalue weighted by Crippen LogP contribution is -2.35. The number of carbonyl (C=O) groups excluding carboxylic acids is 1. The summed E-state index contributed by atoms with van der Waals surface area (Å²) < 4.78 is 0. The molecule has 0 spiro atoms. The van der Waals surface area contributed by atoms with Crippen LogP contribution in [0.3, 0.4) is 0 Å². The molecule has 1 saturated heterocycles. The minimum Gasteiger partial charge on any atom is -0.481 e. The summed E-state index contributed by atoms with van der Waals surface area (Å²) in [7, 11) is 0. The Morgan fingerprint density at radius 1 is 1.39 bits per heavy atom. The van der Waals surface area contributed by atoms with Crippen molar-refractivity contribution in [1.82, 2.24) is 4.90 Å². The van der Waals surface area contributed by atoms with E-state index in [9.17, 15) is 9.59 Å². The average molecular weight is 248 g/mol. The van der Waals surface area contributed by atoms with Crippen molar-refractivity contribution in [2.45, 2.75) is 13.3 Å². The Labute approximate surface area is 105 Å². The molecule has 0 saturated carbocycles. The van der Waals surface area contributed by atoms with Crippen LogP contribution in [0.1, 0.15) is 23.7 Å². The summed E-state index contributed by atoms with van der Waals surface area (Å²) in [4.78, 5) is 24.9. The lowest BCUT2D eigenvalue weighted by Gasteiger charge is -2.20. The maximum absolute atomic E-state index is 12.2. The maximum atomic E-state index is 12.2. The first kappa shape index (κ1) is 12.4.